The molecule has 0 aliphatic carbocycles. The minimum Gasteiger partial charge on any atom is -0.380 e. The van der Waals surface area contributed by atoms with Crippen molar-refractivity contribution < 1.29 is 13.2 Å². The molecule has 1 aromatic heterocycles. The van der Waals surface area contributed by atoms with Crippen molar-refractivity contribution in [1.82, 2.24) is 9.55 Å². The maximum Gasteiger partial charge on any atom is 0.280 e. The molecule has 0 aliphatic heterocycles. The van der Waals surface area contributed by atoms with Crippen LogP contribution in [0.25, 0.3) is 0 Å². The lowest BCUT2D eigenvalue weighted by Crippen LogP contribution is -2.06. The number of aryl methyl sites for hydroxylation is 1. The molecule has 0 unspecified atom stereocenters. The van der Waals surface area contributed by atoms with Gasteiger partial charge >= 0.3 is 0 Å². The van der Waals surface area contributed by atoms with E-state index in [9.17, 15) is 8.42 Å². The van der Waals surface area contributed by atoms with Gasteiger partial charge in [0.1, 0.15) is 5.82 Å². The van der Waals surface area contributed by atoms with Crippen molar-refractivity contribution in [2.24, 2.45) is 0 Å². The summed E-state index contributed by atoms with van der Waals surface area (Å²) < 4.78 is 28.8. The topological polar surface area (TPSA) is 61.2 Å². The fraction of sp³-hybridized carbons (Fsp3) is 0.625. The maximum atomic E-state index is 11.0. The summed E-state index contributed by atoms with van der Waals surface area (Å²) in [7, 11) is 1.43. The van der Waals surface area contributed by atoms with Gasteiger partial charge in [-0.3, -0.25) is 0 Å². The number of ether oxygens (including phenoxy) is 1. The standard InChI is InChI=1S/C8H13ClN2O3S/c1-3-14-5-4-11-6-8(10-7(11)2)15(9,12)13/h6H,3-5H2,1-2H3. The second kappa shape index (κ2) is 4.96. The van der Waals surface area contributed by atoms with Gasteiger partial charge in [-0.25, -0.2) is 13.4 Å². The van der Waals surface area contributed by atoms with E-state index in [-0.39, 0.29) is 5.03 Å². The number of aromatic nitrogens is 2. The van der Waals surface area contributed by atoms with E-state index >= 15 is 0 Å². The van der Waals surface area contributed by atoms with Crippen LogP contribution < -0.4 is 0 Å². The maximum absolute atomic E-state index is 11.0. The number of nitrogens with zero attached hydrogens (tertiary/aromatic N) is 2. The van der Waals surface area contributed by atoms with Gasteiger partial charge in [-0.1, -0.05) is 0 Å². The molecular formula is C8H13ClN2O3S. The first kappa shape index (κ1) is 12.5. The molecule has 0 radical (unpaired) electrons. The van der Waals surface area contributed by atoms with Gasteiger partial charge in [0.25, 0.3) is 9.05 Å². The summed E-state index contributed by atoms with van der Waals surface area (Å²) in [4.78, 5) is 3.85. The lowest BCUT2D eigenvalue weighted by atomic mass is 10.6. The van der Waals surface area contributed by atoms with Crippen molar-refractivity contribution >= 4 is 19.7 Å². The van der Waals surface area contributed by atoms with Crippen LogP contribution in [0.1, 0.15) is 12.7 Å². The zero-order chi connectivity index (χ0) is 11.5. The summed E-state index contributed by atoms with van der Waals surface area (Å²) in [6.07, 6.45) is 1.41. The van der Waals surface area contributed by atoms with E-state index in [0.29, 0.717) is 25.6 Å². The van der Waals surface area contributed by atoms with Crippen LogP contribution in [-0.2, 0) is 20.3 Å². The van der Waals surface area contributed by atoms with Gasteiger partial charge in [0.2, 0.25) is 0 Å². The summed E-state index contributed by atoms with van der Waals surface area (Å²) in [5, 5.41) is -0.113. The van der Waals surface area contributed by atoms with Crippen LogP contribution in [0.3, 0.4) is 0 Å². The molecule has 0 bridgehead atoms. The first-order valence-electron chi connectivity index (χ1n) is 4.51. The Morgan fingerprint density at radius 2 is 2.27 bits per heavy atom. The molecule has 0 atom stereocenters. The Balaban J connectivity index is 2.78. The number of halogens is 1. The summed E-state index contributed by atoms with van der Waals surface area (Å²) in [6, 6.07) is 0. The van der Waals surface area contributed by atoms with Crippen LogP contribution in [0, 0.1) is 6.92 Å². The van der Waals surface area contributed by atoms with Gasteiger partial charge in [0, 0.05) is 30.0 Å². The van der Waals surface area contributed by atoms with E-state index in [4.69, 9.17) is 15.4 Å². The molecule has 1 rings (SSSR count). The van der Waals surface area contributed by atoms with Gasteiger partial charge in [-0.15, -0.1) is 0 Å². The predicted molar refractivity (Wildman–Crippen MR) is 56.5 cm³/mol. The zero-order valence-corrected chi connectivity index (χ0v) is 10.2. The zero-order valence-electron chi connectivity index (χ0n) is 8.60. The summed E-state index contributed by atoms with van der Waals surface area (Å²) >= 11 is 0. The molecule has 1 heterocycles. The van der Waals surface area contributed by atoms with E-state index in [1.54, 1.807) is 11.5 Å². The fourth-order valence-corrected chi connectivity index (χ4v) is 1.85. The molecule has 0 fully saturated rings. The van der Waals surface area contributed by atoms with Crippen LogP contribution in [0.15, 0.2) is 11.2 Å². The van der Waals surface area contributed by atoms with Gasteiger partial charge in [-0.05, 0) is 13.8 Å². The van der Waals surface area contributed by atoms with Crippen molar-refractivity contribution in [2.45, 2.75) is 25.4 Å². The number of imidazole rings is 1. The number of hydrogen-bond acceptors (Lipinski definition) is 4. The average molecular weight is 253 g/mol. The minimum atomic E-state index is -3.74. The molecule has 0 amide bonds. The highest BCUT2D eigenvalue weighted by atomic mass is 35.7. The highest BCUT2D eigenvalue weighted by molar-refractivity contribution is 8.13. The van der Waals surface area contributed by atoms with Crippen molar-refractivity contribution in [3.63, 3.8) is 0 Å². The molecule has 5 nitrogen and oxygen atoms in total. The molecule has 0 spiro atoms. The highest BCUT2D eigenvalue weighted by Gasteiger charge is 2.15. The lowest BCUT2D eigenvalue weighted by Gasteiger charge is -2.03. The largest absolute Gasteiger partial charge is 0.380 e. The Morgan fingerprint density at radius 3 is 2.73 bits per heavy atom. The van der Waals surface area contributed by atoms with Crippen LogP contribution >= 0.6 is 10.7 Å². The smallest absolute Gasteiger partial charge is 0.280 e. The lowest BCUT2D eigenvalue weighted by molar-refractivity contribution is 0.138. The minimum absolute atomic E-state index is 0.113. The SMILES string of the molecule is CCOCCn1cc(S(=O)(=O)Cl)nc1C. The van der Waals surface area contributed by atoms with Crippen LogP contribution in [0.2, 0.25) is 0 Å². The predicted octanol–water partition coefficient (Wildman–Crippen LogP) is 1.16. The van der Waals surface area contributed by atoms with E-state index in [2.05, 4.69) is 4.98 Å². The fourth-order valence-electron chi connectivity index (χ4n) is 1.13. The number of rotatable bonds is 5. The van der Waals surface area contributed by atoms with Crippen molar-refractivity contribution in [2.75, 3.05) is 13.2 Å². The molecular weight excluding hydrogens is 240 g/mol. The van der Waals surface area contributed by atoms with Gasteiger partial charge in [-0.2, -0.15) is 0 Å². The quantitative estimate of drug-likeness (QED) is 0.583. The second-order valence-corrected chi connectivity index (χ2v) is 5.47. The Hall–Kier alpha value is -0.590. The third kappa shape index (κ3) is 3.48. The molecule has 86 valence electrons. The Bertz CT molecular complexity index is 427. The van der Waals surface area contributed by atoms with Gasteiger partial charge in [0.15, 0.2) is 5.03 Å². The van der Waals surface area contributed by atoms with E-state index in [1.807, 2.05) is 6.92 Å². The summed E-state index contributed by atoms with van der Waals surface area (Å²) in [5.41, 5.74) is 0. The van der Waals surface area contributed by atoms with E-state index in [0.717, 1.165) is 0 Å². The van der Waals surface area contributed by atoms with E-state index in [1.165, 1.54) is 6.20 Å². The van der Waals surface area contributed by atoms with Crippen LogP contribution in [-0.4, -0.2) is 31.2 Å². The van der Waals surface area contributed by atoms with Crippen LogP contribution in [0.4, 0.5) is 0 Å². The Morgan fingerprint density at radius 1 is 1.60 bits per heavy atom. The highest BCUT2D eigenvalue weighted by Crippen LogP contribution is 2.13. The molecule has 15 heavy (non-hydrogen) atoms. The first-order chi connectivity index (χ1) is 6.95. The summed E-state index contributed by atoms with van der Waals surface area (Å²) in [6.45, 7) is 5.34. The Kier molecular flexibility index (Phi) is 4.12. The average Bonchev–Trinajstić information content (AvgIpc) is 2.48. The summed E-state index contributed by atoms with van der Waals surface area (Å²) in [5.74, 6) is 0.605. The molecule has 0 aromatic carbocycles. The van der Waals surface area contributed by atoms with Crippen molar-refractivity contribution in [3.8, 4) is 0 Å². The molecule has 0 saturated carbocycles. The van der Waals surface area contributed by atoms with Gasteiger partial charge in [0.05, 0.1) is 6.61 Å². The third-order valence-electron chi connectivity index (χ3n) is 1.88. The number of hydrogen-bond donors (Lipinski definition) is 0. The molecule has 0 N–H and O–H groups in total. The van der Waals surface area contributed by atoms with Crippen molar-refractivity contribution in [1.29, 1.82) is 0 Å². The molecule has 1 aromatic rings. The first-order valence-corrected chi connectivity index (χ1v) is 6.82. The van der Waals surface area contributed by atoms with E-state index < -0.39 is 9.05 Å². The Labute approximate surface area is 93.4 Å². The normalized spacial score (nSPS) is 11.9. The molecule has 0 aliphatic rings. The van der Waals surface area contributed by atoms with Gasteiger partial charge < -0.3 is 9.30 Å². The third-order valence-corrected chi connectivity index (χ3v) is 3.05. The van der Waals surface area contributed by atoms with Crippen LogP contribution in [0.5, 0.6) is 0 Å². The monoisotopic (exact) mass is 252 g/mol. The second-order valence-electron chi connectivity index (χ2n) is 2.95. The molecule has 7 heteroatoms. The van der Waals surface area contributed by atoms with Crippen molar-refractivity contribution in [3.05, 3.63) is 12.0 Å². The molecule has 0 saturated heterocycles.